The number of hydrogen-bond acceptors (Lipinski definition) is 9. The zero-order chi connectivity index (χ0) is 22.3. The van der Waals surface area contributed by atoms with Gasteiger partial charge in [-0.1, -0.05) is 23.2 Å². The first-order chi connectivity index (χ1) is 14.2. The maximum atomic E-state index is 12.4. The van der Waals surface area contributed by atoms with E-state index >= 15 is 0 Å². The Labute approximate surface area is 187 Å². The molecule has 0 radical (unpaired) electrons. The van der Waals surface area contributed by atoms with Crippen molar-refractivity contribution in [2.75, 3.05) is 44.2 Å². The fourth-order valence-electron chi connectivity index (χ4n) is 2.45. The van der Waals surface area contributed by atoms with Crippen LogP contribution >= 0.6 is 34.5 Å². The summed E-state index contributed by atoms with van der Waals surface area (Å²) in [7, 11) is -4.04. The monoisotopic (exact) mass is 498 g/mol. The summed E-state index contributed by atoms with van der Waals surface area (Å²) in [6.07, 6.45) is 0. The Hall–Kier alpha value is -1.60. The molecule has 1 aromatic heterocycles. The number of aliphatic hydroxyl groups is 2. The van der Waals surface area contributed by atoms with Crippen molar-refractivity contribution >= 4 is 56.2 Å². The summed E-state index contributed by atoms with van der Waals surface area (Å²) in [6, 6.07) is 4.79. The van der Waals surface area contributed by atoms with Gasteiger partial charge in [-0.25, -0.2) is 13.2 Å². The van der Waals surface area contributed by atoms with E-state index in [2.05, 4.69) is 4.72 Å². The summed E-state index contributed by atoms with van der Waals surface area (Å²) >= 11 is 12.6. The highest BCUT2D eigenvalue weighted by atomic mass is 35.5. The summed E-state index contributed by atoms with van der Waals surface area (Å²) in [6.45, 7) is 0.693. The molecule has 0 amide bonds. The van der Waals surface area contributed by atoms with Crippen molar-refractivity contribution in [3.05, 3.63) is 38.5 Å². The molecular formula is C17H20Cl2N2O7S2. The van der Waals surface area contributed by atoms with E-state index in [4.69, 9.17) is 38.2 Å². The van der Waals surface area contributed by atoms with E-state index in [0.29, 0.717) is 13.1 Å². The molecule has 0 saturated heterocycles. The van der Waals surface area contributed by atoms with Crippen LogP contribution < -0.4 is 4.72 Å². The minimum absolute atomic E-state index is 0.00615. The molecule has 0 spiro atoms. The molecule has 2 rings (SSSR count). The molecule has 0 aliphatic carbocycles. The lowest BCUT2D eigenvalue weighted by atomic mass is 10.2. The molecule has 30 heavy (non-hydrogen) atoms. The average molecular weight is 499 g/mol. The Kier molecular flexibility index (Phi) is 9.16. The lowest BCUT2D eigenvalue weighted by molar-refractivity contribution is 0.0440. The van der Waals surface area contributed by atoms with E-state index in [1.54, 1.807) is 4.90 Å². The van der Waals surface area contributed by atoms with Crippen molar-refractivity contribution in [3.8, 4) is 5.75 Å². The number of aromatic hydroxyl groups is 1. The summed E-state index contributed by atoms with van der Waals surface area (Å²) in [5.41, 5.74) is -0.134. The number of anilines is 1. The highest BCUT2D eigenvalue weighted by Crippen LogP contribution is 2.35. The molecule has 1 aromatic carbocycles. The number of nitrogens with zero attached hydrogens (tertiary/aromatic N) is 1. The molecular weight excluding hydrogens is 479 g/mol. The predicted octanol–water partition coefficient (Wildman–Crippen LogP) is 2.00. The van der Waals surface area contributed by atoms with E-state index in [9.17, 15) is 18.3 Å². The summed E-state index contributed by atoms with van der Waals surface area (Å²) in [5, 5.41) is 28.0. The Morgan fingerprint density at radius 3 is 2.33 bits per heavy atom. The van der Waals surface area contributed by atoms with Crippen LogP contribution in [-0.4, -0.2) is 74.1 Å². The second kappa shape index (κ2) is 11.1. The Balaban J connectivity index is 2.02. The van der Waals surface area contributed by atoms with Gasteiger partial charge in [0.2, 0.25) is 0 Å². The Morgan fingerprint density at radius 2 is 1.80 bits per heavy atom. The molecule has 0 aliphatic rings. The van der Waals surface area contributed by atoms with Crippen LogP contribution in [0, 0.1) is 0 Å². The van der Waals surface area contributed by atoms with Crippen LogP contribution in [0.25, 0.3) is 0 Å². The number of hydrogen-bond donors (Lipinski definition) is 4. The first kappa shape index (κ1) is 24.7. The molecule has 0 bridgehead atoms. The van der Waals surface area contributed by atoms with Gasteiger partial charge in [0.1, 0.15) is 27.2 Å². The number of phenolic OH excluding ortho intramolecular Hbond substituents is 1. The third-order valence-corrected chi connectivity index (χ3v) is 6.99. The van der Waals surface area contributed by atoms with Crippen LogP contribution in [0.1, 0.15) is 10.4 Å². The van der Waals surface area contributed by atoms with Gasteiger partial charge >= 0.3 is 5.97 Å². The van der Waals surface area contributed by atoms with Gasteiger partial charge in [-0.2, -0.15) is 0 Å². The van der Waals surface area contributed by atoms with Gasteiger partial charge in [0.05, 0.1) is 23.2 Å². The van der Waals surface area contributed by atoms with Gasteiger partial charge in [0.25, 0.3) is 10.0 Å². The number of carbonyl (C=O) groups excluding carboxylic acids is 1. The van der Waals surface area contributed by atoms with E-state index in [-0.39, 0.29) is 51.2 Å². The zero-order valence-electron chi connectivity index (χ0n) is 15.5. The highest BCUT2D eigenvalue weighted by Gasteiger charge is 2.22. The van der Waals surface area contributed by atoms with Crippen LogP contribution in [0.5, 0.6) is 5.75 Å². The third kappa shape index (κ3) is 6.71. The van der Waals surface area contributed by atoms with Gasteiger partial charge in [0, 0.05) is 25.7 Å². The number of thiophene rings is 1. The van der Waals surface area contributed by atoms with Gasteiger partial charge in [-0.15, -0.1) is 11.3 Å². The van der Waals surface area contributed by atoms with Crippen LogP contribution in [0.15, 0.2) is 29.2 Å². The standard InChI is InChI=1S/C17H20Cl2N2O7S2/c18-15-10-14(16(19)29-15)30(26,27)20-11-1-2-12(13(24)9-11)17(25)28-8-5-21(3-6-22)4-7-23/h1-2,9-10,20,22-24H,3-8H2. The van der Waals surface area contributed by atoms with Crippen molar-refractivity contribution in [1.29, 1.82) is 0 Å². The Bertz CT molecular complexity index is 976. The Morgan fingerprint density at radius 1 is 1.13 bits per heavy atom. The minimum atomic E-state index is -4.04. The third-order valence-electron chi connectivity index (χ3n) is 3.86. The maximum Gasteiger partial charge on any atom is 0.341 e. The molecule has 0 atom stereocenters. The number of benzene rings is 1. The molecule has 0 fully saturated rings. The maximum absolute atomic E-state index is 12.4. The minimum Gasteiger partial charge on any atom is -0.507 e. The lowest BCUT2D eigenvalue weighted by Gasteiger charge is -2.19. The normalized spacial score (nSPS) is 11.6. The van der Waals surface area contributed by atoms with Crippen LogP contribution in [0.2, 0.25) is 8.67 Å². The van der Waals surface area contributed by atoms with Crippen LogP contribution in [0.4, 0.5) is 5.69 Å². The number of rotatable bonds is 11. The van der Waals surface area contributed by atoms with Crippen molar-refractivity contribution in [1.82, 2.24) is 4.90 Å². The number of carbonyl (C=O) groups is 1. The highest BCUT2D eigenvalue weighted by molar-refractivity contribution is 7.93. The van der Waals surface area contributed by atoms with E-state index < -0.39 is 21.7 Å². The molecule has 9 nitrogen and oxygen atoms in total. The summed E-state index contributed by atoms with van der Waals surface area (Å²) in [4.78, 5) is 13.7. The smallest absolute Gasteiger partial charge is 0.341 e. The largest absolute Gasteiger partial charge is 0.507 e. The van der Waals surface area contributed by atoms with Gasteiger partial charge in [-0.3, -0.25) is 9.62 Å². The van der Waals surface area contributed by atoms with Crippen molar-refractivity contribution in [2.45, 2.75) is 4.90 Å². The predicted molar refractivity (Wildman–Crippen MR) is 114 cm³/mol. The average Bonchev–Trinajstić information content (AvgIpc) is 3.01. The van der Waals surface area contributed by atoms with Gasteiger partial charge in [-0.05, 0) is 18.2 Å². The molecule has 2 aromatic rings. The van der Waals surface area contributed by atoms with E-state index in [1.165, 1.54) is 18.2 Å². The number of esters is 1. The van der Waals surface area contributed by atoms with Crippen molar-refractivity contribution in [3.63, 3.8) is 0 Å². The molecule has 166 valence electrons. The van der Waals surface area contributed by atoms with Gasteiger partial charge in [0.15, 0.2) is 0 Å². The molecule has 0 aliphatic heterocycles. The molecule has 4 N–H and O–H groups in total. The summed E-state index contributed by atoms with van der Waals surface area (Å²) < 4.78 is 32.4. The number of sulfonamides is 1. The first-order valence-electron chi connectivity index (χ1n) is 8.59. The first-order valence-corrected chi connectivity index (χ1v) is 11.7. The molecule has 0 saturated carbocycles. The second-order valence-corrected chi connectivity index (χ2v) is 9.89. The molecule has 0 unspecified atom stereocenters. The SMILES string of the molecule is O=C(OCCN(CCO)CCO)c1ccc(NS(=O)(=O)c2cc(Cl)sc2Cl)cc1O. The quantitative estimate of drug-likeness (QED) is 0.345. The fraction of sp³-hybridized carbons (Fsp3) is 0.353. The number of halogens is 2. The van der Waals surface area contributed by atoms with Crippen LogP contribution in [0.3, 0.4) is 0 Å². The number of aliphatic hydroxyl groups excluding tert-OH is 2. The van der Waals surface area contributed by atoms with E-state index in [0.717, 1.165) is 17.4 Å². The fourth-order valence-corrected chi connectivity index (χ4v) is 5.65. The number of nitrogens with one attached hydrogen (secondary N) is 1. The summed E-state index contributed by atoms with van der Waals surface area (Å²) in [5.74, 6) is -1.28. The van der Waals surface area contributed by atoms with Gasteiger partial charge < -0.3 is 20.1 Å². The van der Waals surface area contributed by atoms with Crippen molar-refractivity contribution in [2.24, 2.45) is 0 Å². The molecule has 13 heteroatoms. The topological polar surface area (TPSA) is 136 Å². The number of ether oxygens (including phenoxy) is 1. The number of phenols is 1. The zero-order valence-corrected chi connectivity index (χ0v) is 18.7. The van der Waals surface area contributed by atoms with Crippen molar-refractivity contribution < 1.29 is 33.3 Å². The second-order valence-electron chi connectivity index (χ2n) is 5.95. The lowest BCUT2D eigenvalue weighted by Crippen LogP contribution is -2.33. The van der Waals surface area contributed by atoms with Crippen LogP contribution in [-0.2, 0) is 14.8 Å². The molecule has 1 heterocycles. The van der Waals surface area contributed by atoms with E-state index in [1.807, 2.05) is 0 Å².